The van der Waals surface area contributed by atoms with Crippen molar-refractivity contribution in [3.63, 3.8) is 0 Å². The Morgan fingerprint density at radius 2 is 1.16 bits per heavy atom. The molecule has 0 aliphatic carbocycles. The number of hydrogen-bond acceptors (Lipinski definition) is 11. The first-order valence-electron chi connectivity index (χ1n) is 7.98. The molecule has 11 nitrogen and oxygen atoms in total. The second-order valence-electron chi connectivity index (χ2n) is 4.68. The van der Waals surface area contributed by atoms with Crippen molar-refractivity contribution in [1.29, 1.82) is 0 Å². The number of ether oxygens (including phenoxy) is 3. The molecule has 0 N–H and O–H groups in total. The fourth-order valence-electron chi connectivity index (χ4n) is 1.15. The normalized spacial score (nSPS) is 13.1. The van der Waals surface area contributed by atoms with E-state index < -0.39 is 24.9 Å². The van der Waals surface area contributed by atoms with Crippen LogP contribution in [0.4, 0.5) is 9.59 Å². The first-order chi connectivity index (χ1) is 12.0. The first kappa shape index (κ1) is 23.5. The van der Waals surface area contributed by atoms with Gasteiger partial charge in [0.1, 0.15) is 0 Å². The highest BCUT2D eigenvalue weighted by Crippen LogP contribution is 2.01. The third-order valence-electron chi connectivity index (χ3n) is 2.42. The van der Waals surface area contributed by atoms with Crippen molar-refractivity contribution in [2.75, 3.05) is 13.2 Å². The largest absolute Gasteiger partial charge is 0.553 e. The van der Waals surface area contributed by atoms with E-state index in [0.29, 0.717) is 13.2 Å². The number of hydrogen-bond donors (Lipinski definition) is 0. The van der Waals surface area contributed by atoms with Crippen LogP contribution >= 0.6 is 0 Å². The summed E-state index contributed by atoms with van der Waals surface area (Å²) in [5, 5.41) is 8.17. The van der Waals surface area contributed by atoms with Gasteiger partial charge in [-0.2, -0.15) is 19.4 Å². The fourth-order valence-corrected chi connectivity index (χ4v) is 1.15. The van der Waals surface area contributed by atoms with Crippen LogP contribution < -0.4 is 0 Å². The molecule has 0 saturated carbocycles. The minimum Gasteiger partial charge on any atom is -0.350 e. The predicted molar refractivity (Wildman–Crippen MR) is 79.0 cm³/mol. The van der Waals surface area contributed by atoms with Gasteiger partial charge >= 0.3 is 12.3 Å². The highest BCUT2D eigenvalue weighted by molar-refractivity contribution is 5.76. The lowest BCUT2D eigenvalue weighted by molar-refractivity contribution is -0.528. The molecule has 0 aliphatic heterocycles. The standard InChI is InChI=1S/C14H26O11/c1-5-7-9-17-11(3)20-24-22-13(15)19-14(16)23-25-21-12(4)18-10-8-6-2/h11-12H,5-10H2,1-4H3. The summed E-state index contributed by atoms with van der Waals surface area (Å²) in [5.41, 5.74) is 0. The third kappa shape index (κ3) is 15.8. The van der Waals surface area contributed by atoms with Gasteiger partial charge in [-0.1, -0.05) is 26.7 Å². The topological polar surface area (TPSA) is 117 Å². The van der Waals surface area contributed by atoms with Crippen molar-refractivity contribution in [3.8, 4) is 0 Å². The Labute approximate surface area is 146 Å². The molecule has 0 aliphatic rings. The molecule has 0 radical (unpaired) electrons. The van der Waals surface area contributed by atoms with Crippen molar-refractivity contribution < 1.29 is 53.4 Å². The van der Waals surface area contributed by atoms with Gasteiger partial charge in [0.2, 0.25) is 0 Å². The SMILES string of the molecule is CCCCOC(C)OOOC(=O)OC(=O)OOOC(C)OCCCC. The summed E-state index contributed by atoms with van der Waals surface area (Å²) in [6, 6.07) is 0. The molecule has 148 valence electrons. The minimum absolute atomic E-state index is 0.454. The predicted octanol–water partition coefficient (Wildman–Crippen LogP) is 3.33. The van der Waals surface area contributed by atoms with E-state index in [1.54, 1.807) is 0 Å². The summed E-state index contributed by atoms with van der Waals surface area (Å²) >= 11 is 0. The zero-order valence-corrected chi connectivity index (χ0v) is 14.9. The van der Waals surface area contributed by atoms with E-state index in [-0.39, 0.29) is 0 Å². The average molecular weight is 370 g/mol. The summed E-state index contributed by atoms with van der Waals surface area (Å²) in [4.78, 5) is 39.2. The number of carbonyl (C=O) groups excluding carboxylic acids is 2. The molecule has 0 heterocycles. The van der Waals surface area contributed by atoms with Gasteiger partial charge < -0.3 is 14.2 Å². The smallest absolute Gasteiger partial charge is 0.350 e. The first-order valence-corrected chi connectivity index (χ1v) is 7.98. The van der Waals surface area contributed by atoms with E-state index in [9.17, 15) is 9.59 Å². The van der Waals surface area contributed by atoms with Gasteiger partial charge in [-0.15, -0.1) is 0 Å². The summed E-state index contributed by atoms with van der Waals surface area (Å²) < 4.78 is 14.3. The molecule has 0 rings (SSSR count). The number of carbonyl (C=O) groups is 2. The van der Waals surface area contributed by atoms with Gasteiger partial charge in [0.25, 0.3) is 0 Å². The maximum Gasteiger partial charge on any atom is 0.553 e. The molecule has 0 saturated heterocycles. The lowest BCUT2D eigenvalue weighted by Crippen LogP contribution is -2.20. The highest BCUT2D eigenvalue weighted by Gasteiger charge is 2.18. The van der Waals surface area contributed by atoms with Gasteiger partial charge in [0.15, 0.2) is 12.6 Å². The van der Waals surface area contributed by atoms with E-state index in [1.807, 2.05) is 13.8 Å². The Bertz CT molecular complexity index is 318. The zero-order valence-electron chi connectivity index (χ0n) is 14.9. The summed E-state index contributed by atoms with van der Waals surface area (Å²) in [7, 11) is 0. The van der Waals surface area contributed by atoms with E-state index in [2.05, 4.69) is 34.4 Å². The van der Waals surface area contributed by atoms with E-state index in [0.717, 1.165) is 25.7 Å². The van der Waals surface area contributed by atoms with Crippen LogP contribution in [-0.4, -0.2) is 38.1 Å². The van der Waals surface area contributed by atoms with E-state index >= 15 is 0 Å². The molecule has 0 aromatic heterocycles. The number of rotatable bonds is 14. The second-order valence-corrected chi connectivity index (χ2v) is 4.68. The van der Waals surface area contributed by atoms with Gasteiger partial charge in [-0.25, -0.2) is 9.78 Å². The molecule has 0 amide bonds. The van der Waals surface area contributed by atoms with Crippen molar-refractivity contribution >= 4 is 12.3 Å². The Balaban J connectivity index is 3.63. The Morgan fingerprint density at radius 3 is 1.52 bits per heavy atom. The monoisotopic (exact) mass is 370 g/mol. The quantitative estimate of drug-likeness (QED) is 0.112. The Hall–Kier alpha value is -1.50. The fraction of sp³-hybridized carbons (Fsp3) is 0.857. The zero-order chi connectivity index (χ0) is 18.9. The van der Waals surface area contributed by atoms with Crippen LogP contribution in [-0.2, 0) is 43.8 Å². The third-order valence-corrected chi connectivity index (χ3v) is 2.42. The summed E-state index contributed by atoms with van der Waals surface area (Å²) in [6.07, 6.45) is -1.06. The Morgan fingerprint density at radius 1 is 0.760 bits per heavy atom. The van der Waals surface area contributed by atoms with E-state index in [4.69, 9.17) is 9.47 Å². The molecule has 2 atom stereocenters. The molecular formula is C14H26O11. The Kier molecular flexibility index (Phi) is 15.0. The van der Waals surface area contributed by atoms with Crippen molar-refractivity contribution in [1.82, 2.24) is 0 Å². The summed E-state index contributed by atoms with van der Waals surface area (Å²) in [6.45, 7) is 7.95. The molecule has 0 spiro atoms. The van der Waals surface area contributed by atoms with Gasteiger partial charge in [0, 0.05) is 13.2 Å². The molecule has 2 unspecified atom stereocenters. The lowest BCUT2D eigenvalue weighted by Gasteiger charge is -2.11. The van der Waals surface area contributed by atoms with Crippen molar-refractivity contribution in [3.05, 3.63) is 0 Å². The molecule has 0 bridgehead atoms. The van der Waals surface area contributed by atoms with Gasteiger partial charge in [-0.05, 0) is 36.8 Å². The van der Waals surface area contributed by atoms with Crippen LogP contribution in [0.15, 0.2) is 0 Å². The van der Waals surface area contributed by atoms with Crippen LogP contribution in [0, 0.1) is 0 Å². The van der Waals surface area contributed by atoms with E-state index in [1.165, 1.54) is 13.8 Å². The van der Waals surface area contributed by atoms with Gasteiger partial charge in [0.05, 0.1) is 0 Å². The highest BCUT2D eigenvalue weighted by atomic mass is 17.5. The molecule has 0 aromatic rings. The van der Waals surface area contributed by atoms with Crippen LogP contribution in [0.3, 0.4) is 0 Å². The maximum atomic E-state index is 11.1. The van der Waals surface area contributed by atoms with Crippen LogP contribution in [0.2, 0.25) is 0 Å². The molecular weight excluding hydrogens is 344 g/mol. The van der Waals surface area contributed by atoms with Gasteiger partial charge in [-0.3, -0.25) is 0 Å². The molecule has 0 fully saturated rings. The summed E-state index contributed by atoms with van der Waals surface area (Å²) in [5.74, 6) is 0. The molecule has 25 heavy (non-hydrogen) atoms. The van der Waals surface area contributed by atoms with Crippen LogP contribution in [0.25, 0.3) is 0 Å². The van der Waals surface area contributed by atoms with Crippen LogP contribution in [0.5, 0.6) is 0 Å². The number of unbranched alkanes of at least 4 members (excludes halogenated alkanes) is 2. The minimum atomic E-state index is -1.54. The van der Waals surface area contributed by atoms with Crippen molar-refractivity contribution in [2.45, 2.75) is 66.0 Å². The van der Waals surface area contributed by atoms with Crippen molar-refractivity contribution in [2.24, 2.45) is 0 Å². The lowest BCUT2D eigenvalue weighted by atomic mass is 10.4. The molecule has 11 heteroatoms. The van der Waals surface area contributed by atoms with Crippen LogP contribution in [0.1, 0.15) is 53.4 Å². The maximum absolute atomic E-state index is 11.1. The molecule has 0 aromatic carbocycles. The second kappa shape index (κ2) is 16.0. The average Bonchev–Trinajstić information content (AvgIpc) is 2.55.